The zero-order chi connectivity index (χ0) is 16.0. The molecule has 1 N–H and O–H groups in total. The minimum Gasteiger partial charge on any atom is -0.493 e. The van der Waals surface area contributed by atoms with Crippen LogP contribution in [-0.4, -0.2) is 30.9 Å². The van der Waals surface area contributed by atoms with E-state index in [-0.39, 0.29) is 31.0 Å². The molecular weight excluding hydrogens is 268 g/mol. The Kier molecular flexibility index (Phi) is 6.21. The Morgan fingerprint density at radius 2 is 1.95 bits per heavy atom. The Bertz CT molecular complexity index is 486. The number of carbonyl (C=O) groups is 1. The van der Waals surface area contributed by atoms with Crippen molar-refractivity contribution in [1.82, 2.24) is 0 Å². The van der Waals surface area contributed by atoms with E-state index in [4.69, 9.17) is 14.6 Å². The Labute approximate surface area is 127 Å². The monoisotopic (exact) mass is 294 g/mol. The molecule has 0 aliphatic heterocycles. The highest BCUT2D eigenvalue weighted by Gasteiger charge is 2.23. The number of aliphatic hydroxyl groups excluding tert-OH is 1. The second kappa shape index (κ2) is 7.46. The summed E-state index contributed by atoms with van der Waals surface area (Å²) in [7, 11) is 0. The van der Waals surface area contributed by atoms with Gasteiger partial charge < -0.3 is 14.6 Å². The van der Waals surface area contributed by atoms with Crippen molar-refractivity contribution in [2.45, 2.75) is 46.5 Å². The standard InChI is InChI=1S/C17H26O4/c1-6-20-16-13(11-15(19)21-8-7-18)9-12(2)10-14(16)17(3,4)5/h9-10,18H,6-8,11H2,1-5H3. The zero-order valence-electron chi connectivity index (χ0n) is 13.7. The van der Waals surface area contributed by atoms with E-state index in [1.54, 1.807) is 0 Å². The lowest BCUT2D eigenvalue weighted by atomic mass is 9.83. The van der Waals surface area contributed by atoms with Crippen LogP contribution in [0.3, 0.4) is 0 Å². The molecule has 1 aromatic carbocycles. The Balaban J connectivity index is 3.17. The first-order valence-electron chi connectivity index (χ1n) is 7.32. The molecule has 4 heteroatoms. The molecule has 1 rings (SSSR count). The highest BCUT2D eigenvalue weighted by atomic mass is 16.5. The van der Waals surface area contributed by atoms with Crippen LogP contribution in [0.1, 0.15) is 44.4 Å². The second-order valence-corrected chi connectivity index (χ2v) is 6.10. The van der Waals surface area contributed by atoms with Crippen LogP contribution in [0.25, 0.3) is 0 Å². The fourth-order valence-corrected chi connectivity index (χ4v) is 2.22. The zero-order valence-corrected chi connectivity index (χ0v) is 13.7. The quantitative estimate of drug-likeness (QED) is 0.820. The topological polar surface area (TPSA) is 55.8 Å². The van der Waals surface area contributed by atoms with Crippen molar-refractivity contribution >= 4 is 5.97 Å². The van der Waals surface area contributed by atoms with Crippen LogP contribution in [-0.2, 0) is 21.4 Å². The predicted molar refractivity (Wildman–Crippen MR) is 82.8 cm³/mol. The average Bonchev–Trinajstić information content (AvgIpc) is 2.38. The summed E-state index contributed by atoms with van der Waals surface area (Å²) in [5, 5.41) is 8.71. The number of hydrogen-bond acceptors (Lipinski definition) is 4. The maximum atomic E-state index is 11.8. The molecule has 0 fully saturated rings. The van der Waals surface area contributed by atoms with E-state index < -0.39 is 0 Å². The maximum Gasteiger partial charge on any atom is 0.310 e. The molecule has 0 bridgehead atoms. The number of carbonyl (C=O) groups excluding carboxylic acids is 1. The fourth-order valence-electron chi connectivity index (χ4n) is 2.22. The van der Waals surface area contributed by atoms with Gasteiger partial charge in [0.2, 0.25) is 0 Å². The van der Waals surface area contributed by atoms with Gasteiger partial charge in [-0.1, -0.05) is 38.5 Å². The van der Waals surface area contributed by atoms with Crippen molar-refractivity contribution in [2.75, 3.05) is 19.8 Å². The minimum absolute atomic E-state index is 0.0285. The largest absolute Gasteiger partial charge is 0.493 e. The lowest BCUT2D eigenvalue weighted by Crippen LogP contribution is -2.17. The normalized spacial score (nSPS) is 11.3. The summed E-state index contributed by atoms with van der Waals surface area (Å²) in [4.78, 5) is 11.8. The first-order chi connectivity index (χ1) is 9.79. The van der Waals surface area contributed by atoms with Crippen LogP contribution in [0.4, 0.5) is 0 Å². The van der Waals surface area contributed by atoms with E-state index in [0.29, 0.717) is 6.61 Å². The van der Waals surface area contributed by atoms with Gasteiger partial charge in [0.1, 0.15) is 12.4 Å². The lowest BCUT2D eigenvalue weighted by Gasteiger charge is -2.25. The van der Waals surface area contributed by atoms with E-state index >= 15 is 0 Å². The van der Waals surface area contributed by atoms with Crippen molar-refractivity contribution in [2.24, 2.45) is 0 Å². The molecule has 0 saturated carbocycles. The van der Waals surface area contributed by atoms with Crippen LogP contribution >= 0.6 is 0 Å². The number of benzene rings is 1. The van der Waals surface area contributed by atoms with Crippen LogP contribution in [0, 0.1) is 6.92 Å². The molecule has 0 spiro atoms. The summed E-state index contributed by atoms with van der Waals surface area (Å²) >= 11 is 0. The number of hydrogen-bond donors (Lipinski definition) is 1. The van der Waals surface area contributed by atoms with Crippen molar-refractivity contribution in [3.05, 3.63) is 28.8 Å². The molecule has 0 amide bonds. The molecule has 0 aromatic heterocycles. The first kappa shape index (κ1) is 17.5. The SMILES string of the molecule is CCOc1c(CC(=O)OCCO)cc(C)cc1C(C)(C)C. The fraction of sp³-hybridized carbons (Fsp3) is 0.588. The van der Waals surface area contributed by atoms with Gasteiger partial charge in [0.25, 0.3) is 0 Å². The summed E-state index contributed by atoms with van der Waals surface area (Å²) in [6, 6.07) is 4.06. The van der Waals surface area contributed by atoms with Crippen LogP contribution in [0.5, 0.6) is 5.75 Å². The highest BCUT2D eigenvalue weighted by Crippen LogP contribution is 2.35. The van der Waals surface area contributed by atoms with Gasteiger partial charge in [-0.15, -0.1) is 0 Å². The number of aryl methyl sites for hydroxylation is 1. The van der Waals surface area contributed by atoms with Gasteiger partial charge in [-0.05, 0) is 19.3 Å². The van der Waals surface area contributed by atoms with E-state index in [9.17, 15) is 4.79 Å². The Hall–Kier alpha value is -1.55. The van der Waals surface area contributed by atoms with Gasteiger partial charge in [0.15, 0.2) is 0 Å². The molecule has 21 heavy (non-hydrogen) atoms. The maximum absolute atomic E-state index is 11.8. The summed E-state index contributed by atoms with van der Waals surface area (Å²) < 4.78 is 10.7. The Morgan fingerprint density at radius 3 is 2.48 bits per heavy atom. The number of ether oxygens (including phenoxy) is 2. The van der Waals surface area contributed by atoms with Crippen molar-refractivity contribution in [1.29, 1.82) is 0 Å². The molecule has 1 aromatic rings. The smallest absolute Gasteiger partial charge is 0.310 e. The van der Waals surface area contributed by atoms with Crippen molar-refractivity contribution in [3.8, 4) is 5.75 Å². The molecule has 0 radical (unpaired) electrons. The summed E-state index contributed by atoms with van der Waals surface area (Å²) in [5.41, 5.74) is 2.95. The van der Waals surface area contributed by atoms with Crippen LogP contribution in [0.15, 0.2) is 12.1 Å². The molecule has 0 aliphatic carbocycles. The molecule has 0 heterocycles. The summed E-state index contributed by atoms with van der Waals surface area (Å²) in [6.07, 6.45) is 0.153. The molecular formula is C17H26O4. The molecule has 0 aliphatic rings. The van der Waals surface area contributed by atoms with Gasteiger partial charge in [0.05, 0.1) is 19.6 Å². The van der Waals surface area contributed by atoms with Gasteiger partial charge in [-0.2, -0.15) is 0 Å². The lowest BCUT2D eigenvalue weighted by molar-refractivity contribution is -0.143. The van der Waals surface area contributed by atoms with E-state index in [0.717, 1.165) is 22.4 Å². The number of rotatable bonds is 6. The first-order valence-corrected chi connectivity index (χ1v) is 7.32. The predicted octanol–water partition coefficient (Wildman–Crippen LogP) is 2.77. The van der Waals surface area contributed by atoms with Crippen LogP contribution in [0.2, 0.25) is 0 Å². The molecule has 0 atom stereocenters. The third-order valence-corrected chi connectivity index (χ3v) is 3.10. The van der Waals surface area contributed by atoms with Crippen LogP contribution < -0.4 is 4.74 Å². The van der Waals surface area contributed by atoms with E-state index in [1.807, 2.05) is 19.9 Å². The molecule has 0 saturated heterocycles. The second-order valence-electron chi connectivity index (χ2n) is 6.10. The third-order valence-electron chi connectivity index (χ3n) is 3.10. The van der Waals surface area contributed by atoms with E-state index in [1.165, 1.54) is 0 Å². The minimum atomic E-state index is -0.351. The van der Waals surface area contributed by atoms with Crippen molar-refractivity contribution in [3.63, 3.8) is 0 Å². The number of aliphatic hydroxyl groups is 1. The summed E-state index contributed by atoms with van der Waals surface area (Å²) in [6.45, 7) is 10.7. The number of esters is 1. The molecule has 0 unspecified atom stereocenters. The van der Waals surface area contributed by atoms with Gasteiger partial charge in [0, 0.05) is 11.1 Å². The summed E-state index contributed by atoms with van der Waals surface area (Å²) in [5.74, 6) is 0.423. The third kappa shape index (κ3) is 5.05. The van der Waals surface area contributed by atoms with Crippen molar-refractivity contribution < 1.29 is 19.4 Å². The van der Waals surface area contributed by atoms with Gasteiger partial charge >= 0.3 is 5.97 Å². The Morgan fingerprint density at radius 1 is 1.29 bits per heavy atom. The average molecular weight is 294 g/mol. The molecule has 4 nitrogen and oxygen atoms in total. The highest BCUT2D eigenvalue weighted by molar-refractivity contribution is 5.74. The van der Waals surface area contributed by atoms with Gasteiger partial charge in [-0.3, -0.25) is 4.79 Å². The van der Waals surface area contributed by atoms with E-state index in [2.05, 4.69) is 26.8 Å². The van der Waals surface area contributed by atoms with Gasteiger partial charge in [-0.25, -0.2) is 0 Å². The molecule has 118 valence electrons.